The number of fused-ring (bicyclic) bond motifs is 1. The number of benzene rings is 1. The summed E-state index contributed by atoms with van der Waals surface area (Å²) in [6.45, 7) is 9.02. The number of hydrogen-bond donors (Lipinski definition) is 1. The van der Waals surface area contributed by atoms with Crippen molar-refractivity contribution in [3.8, 4) is 11.4 Å². The van der Waals surface area contributed by atoms with Gasteiger partial charge in [-0.1, -0.05) is 6.07 Å². The highest BCUT2D eigenvalue weighted by Gasteiger charge is 2.23. The summed E-state index contributed by atoms with van der Waals surface area (Å²) in [6, 6.07) is 8.25. The number of hydrogen-bond acceptors (Lipinski definition) is 3. The fourth-order valence-electron chi connectivity index (χ4n) is 2.69. The highest BCUT2D eigenvalue weighted by atomic mass is 16.3. The van der Waals surface area contributed by atoms with Gasteiger partial charge in [-0.2, -0.15) is 0 Å². The molecule has 1 aromatic carbocycles. The molecule has 0 bridgehead atoms. The lowest BCUT2D eigenvalue weighted by Gasteiger charge is -2.24. The molecular weight excluding hydrogens is 262 g/mol. The molecule has 0 saturated carbocycles. The smallest absolute Gasteiger partial charge is 0.144 e. The molecule has 0 radical (unpaired) electrons. The summed E-state index contributed by atoms with van der Waals surface area (Å²) in [5.74, 6) is 1.82. The van der Waals surface area contributed by atoms with E-state index < -0.39 is 0 Å². The van der Waals surface area contributed by atoms with Gasteiger partial charge in [0.25, 0.3) is 0 Å². The van der Waals surface area contributed by atoms with Crippen LogP contribution in [-0.4, -0.2) is 9.55 Å². The van der Waals surface area contributed by atoms with Gasteiger partial charge in [0.15, 0.2) is 0 Å². The SMILES string of the molecule is Cc1cc(-c2nc3cc(CN)ccc3n2C(C)(C)C)co1. The minimum atomic E-state index is -0.0700. The van der Waals surface area contributed by atoms with Crippen LogP contribution in [0.3, 0.4) is 0 Å². The summed E-state index contributed by atoms with van der Waals surface area (Å²) >= 11 is 0. The molecule has 0 saturated heterocycles. The van der Waals surface area contributed by atoms with Gasteiger partial charge in [0.05, 0.1) is 16.6 Å². The van der Waals surface area contributed by atoms with Crippen LogP contribution >= 0.6 is 0 Å². The molecular formula is C17H21N3O. The minimum Gasteiger partial charge on any atom is -0.469 e. The van der Waals surface area contributed by atoms with E-state index in [9.17, 15) is 0 Å². The van der Waals surface area contributed by atoms with Crippen LogP contribution in [0.4, 0.5) is 0 Å². The summed E-state index contributed by atoms with van der Waals surface area (Å²) in [5, 5.41) is 0. The zero-order chi connectivity index (χ0) is 15.2. The molecule has 2 heterocycles. The Labute approximate surface area is 124 Å². The van der Waals surface area contributed by atoms with E-state index >= 15 is 0 Å². The van der Waals surface area contributed by atoms with Crippen LogP contribution in [0.1, 0.15) is 32.1 Å². The van der Waals surface area contributed by atoms with Crippen LogP contribution in [0.15, 0.2) is 34.9 Å². The van der Waals surface area contributed by atoms with Crippen LogP contribution < -0.4 is 5.73 Å². The molecule has 4 heteroatoms. The second-order valence-corrected chi connectivity index (χ2v) is 6.41. The van der Waals surface area contributed by atoms with Crippen LogP contribution in [0.5, 0.6) is 0 Å². The van der Waals surface area contributed by atoms with Gasteiger partial charge in [-0.25, -0.2) is 4.98 Å². The van der Waals surface area contributed by atoms with Crippen molar-refractivity contribution in [2.75, 3.05) is 0 Å². The van der Waals surface area contributed by atoms with Gasteiger partial charge in [-0.3, -0.25) is 0 Å². The Balaban J connectivity index is 2.32. The average molecular weight is 283 g/mol. The molecule has 0 fully saturated rings. The molecule has 3 rings (SSSR count). The zero-order valence-electron chi connectivity index (χ0n) is 13.0. The number of nitrogens with zero attached hydrogens (tertiary/aromatic N) is 2. The fourth-order valence-corrected chi connectivity index (χ4v) is 2.69. The van der Waals surface area contributed by atoms with Gasteiger partial charge in [-0.15, -0.1) is 0 Å². The lowest BCUT2D eigenvalue weighted by Crippen LogP contribution is -2.22. The molecule has 0 amide bonds. The maximum atomic E-state index is 5.74. The molecule has 2 aromatic heterocycles. The second kappa shape index (κ2) is 4.74. The third kappa shape index (κ3) is 2.36. The number of furan rings is 1. The monoisotopic (exact) mass is 283 g/mol. The van der Waals surface area contributed by atoms with E-state index in [1.807, 2.05) is 13.0 Å². The molecule has 4 nitrogen and oxygen atoms in total. The first-order valence-electron chi connectivity index (χ1n) is 7.17. The van der Waals surface area contributed by atoms with Gasteiger partial charge in [0, 0.05) is 12.1 Å². The van der Waals surface area contributed by atoms with E-state index in [0.717, 1.165) is 33.7 Å². The van der Waals surface area contributed by atoms with E-state index in [2.05, 4.69) is 43.5 Å². The summed E-state index contributed by atoms with van der Waals surface area (Å²) in [6.07, 6.45) is 1.77. The van der Waals surface area contributed by atoms with Crippen LogP contribution in [0, 0.1) is 6.92 Å². The summed E-state index contributed by atoms with van der Waals surface area (Å²) in [7, 11) is 0. The number of rotatable bonds is 2. The van der Waals surface area contributed by atoms with Crippen molar-refractivity contribution in [3.63, 3.8) is 0 Å². The predicted molar refractivity (Wildman–Crippen MR) is 85.1 cm³/mol. The largest absolute Gasteiger partial charge is 0.469 e. The zero-order valence-corrected chi connectivity index (χ0v) is 13.0. The van der Waals surface area contributed by atoms with Gasteiger partial charge in [-0.05, 0) is 51.5 Å². The van der Waals surface area contributed by atoms with Crippen molar-refractivity contribution in [2.24, 2.45) is 5.73 Å². The van der Waals surface area contributed by atoms with Crippen molar-refractivity contribution in [3.05, 3.63) is 41.9 Å². The van der Waals surface area contributed by atoms with E-state index in [-0.39, 0.29) is 5.54 Å². The van der Waals surface area contributed by atoms with E-state index in [0.29, 0.717) is 6.54 Å². The summed E-state index contributed by atoms with van der Waals surface area (Å²) in [5.41, 5.74) is 9.86. The maximum absolute atomic E-state index is 5.74. The van der Waals surface area contributed by atoms with Crippen molar-refractivity contribution < 1.29 is 4.42 Å². The first-order chi connectivity index (χ1) is 9.90. The second-order valence-electron chi connectivity index (χ2n) is 6.41. The summed E-state index contributed by atoms with van der Waals surface area (Å²) in [4.78, 5) is 4.82. The van der Waals surface area contributed by atoms with Crippen molar-refractivity contribution >= 4 is 11.0 Å². The van der Waals surface area contributed by atoms with E-state index in [1.165, 1.54) is 0 Å². The van der Waals surface area contributed by atoms with Crippen LogP contribution in [0.2, 0.25) is 0 Å². The Morgan fingerprint density at radius 2 is 2.00 bits per heavy atom. The molecule has 110 valence electrons. The standard InChI is InChI=1S/C17H21N3O/c1-11-7-13(10-21-11)16-19-14-8-12(9-18)5-6-15(14)20(16)17(2,3)4/h5-8,10H,9,18H2,1-4H3. The molecule has 0 aliphatic rings. The topological polar surface area (TPSA) is 57.0 Å². The normalized spacial score (nSPS) is 12.2. The molecule has 21 heavy (non-hydrogen) atoms. The molecule has 0 aliphatic carbocycles. The number of aromatic nitrogens is 2. The van der Waals surface area contributed by atoms with Crippen molar-refractivity contribution in [2.45, 2.75) is 39.8 Å². The third-order valence-corrected chi connectivity index (χ3v) is 3.61. The van der Waals surface area contributed by atoms with E-state index in [4.69, 9.17) is 15.1 Å². The quantitative estimate of drug-likeness (QED) is 0.778. The van der Waals surface area contributed by atoms with E-state index in [1.54, 1.807) is 6.26 Å². The van der Waals surface area contributed by atoms with Gasteiger partial charge in [0.1, 0.15) is 17.8 Å². The predicted octanol–water partition coefficient (Wildman–Crippen LogP) is 3.82. The lowest BCUT2D eigenvalue weighted by molar-refractivity contribution is 0.413. The fraction of sp³-hybridized carbons (Fsp3) is 0.353. The van der Waals surface area contributed by atoms with Crippen LogP contribution in [-0.2, 0) is 12.1 Å². The molecule has 2 N–H and O–H groups in total. The van der Waals surface area contributed by atoms with Crippen molar-refractivity contribution in [1.29, 1.82) is 0 Å². The summed E-state index contributed by atoms with van der Waals surface area (Å²) < 4.78 is 7.71. The average Bonchev–Trinajstić information content (AvgIpc) is 3.00. The maximum Gasteiger partial charge on any atom is 0.144 e. The Bertz CT molecular complexity index is 790. The number of nitrogens with two attached hydrogens (primary N) is 1. The number of imidazole rings is 1. The van der Waals surface area contributed by atoms with Gasteiger partial charge >= 0.3 is 0 Å². The minimum absolute atomic E-state index is 0.0700. The Hall–Kier alpha value is -2.07. The Morgan fingerprint density at radius 3 is 2.57 bits per heavy atom. The first-order valence-corrected chi connectivity index (χ1v) is 7.17. The number of aryl methyl sites for hydroxylation is 1. The highest BCUT2D eigenvalue weighted by molar-refractivity contribution is 5.81. The van der Waals surface area contributed by atoms with Crippen molar-refractivity contribution in [1.82, 2.24) is 9.55 Å². The molecule has 0 atom stereocenters. The lowest BCUT2D eigenvalue weighted by atomic mass is 10.1. The highest BCUT2D eigenvalue weighted by Crippen LogP contribution is 2.32. The Kier molecular flexibility index (Phi) is 3.14. The first kappa shape index (κ1) is 13.9. The molecule has 0 aliphatic heterocycles. The molecule has 0 spiro atoms. The van der Waals surface area contributed by atoms with Gasteiger partial charge < -0.3 is 14.7 Å². The Morgan fingerprint density at radius 1 is 1.24 bits per heavy atom. The molecule has 3 aromatic rings. The van der Waals surface area contributed by atoms with Crippen LogP contribution in [0.25, 0.3) is 22.4 Å². The third-order valence-electron chi connectivity index (χ3n) is 3.61. The van der Waals surface area contributed by atoms with Gasteiger partial charge in [0.2, 0.25) is 0 Å². The molecule has 0 unspecified atom stereocenters.